The van der Waals surface area contributed by atoms with Gasteiger partial charge in [0, 0.05) is 42.8 Å². The van der Waals surface area contributed by atoms with Crippen LogP contribution >= 0.6 is 0 Å². The van der Waals surface area contributed by atoms with Crippen molar-refractivity contribution in [1.29, 1.82) is 5.26 Å². The summed E-state index contributed by atoms with van der Waals surface area (Å²) in [4.78, 5) is 29.8. The number of hydrogen-bond acceptors (Lipinski definition) is 4. The summed E-state index contributed by atoms with van der Waals surface area (Å²) in [5.74, 6) is -3.97. The molecule has 1 saturated heterocycles. The molecule has 3 rings (SSSR count). The molecule has 0 N–H and O–H groups in total. The van der Waals surface area contributed by atoms with Crippen molar-refractivity contribution in [2.24, 2.45) is 0 Å². The maximum atomic E-state index is 13.5. The second kappa shape index (κ2) is 8.74. The van der Waals surface area contributed by atoms with Gasteiger partial charge in [-0.05, 0) is 11.6 Å². The Kier molecular flexibility index (Phi) is 6.13. The zero-order valence-corrected chi connectivity index (χ0v) is 15.6. The Hall–Kier alpha value is -3.40. The standard InChI is InChI=1S/C22H19F2N3O2/c23-22(24)12-18(13-25)27(15-22)21(29)9-8-20(28)19-10-11-26-14-17(19)7-6-16-4-2-1-3-5-16/h1-7,10-11,14,18H,8-9,12,15H2/b7-6+/t18-/m0/s1. The van der Waals surface area contributed by atoms with Crippen LogP contribution in [0.3, 0.4) is 0 Å². The summed E-state index contributed by atoms with van der Waals surface area (Å²) in [6, 6.07) is 11.7. The first-order valence-electron chi connectivity index (χ1n) is 9.17. The van der Waals surface area contributed by atoms with E-state index in [1.54, 1.807) is 24.4 Å². The minimum Gasteiger partial charge on any atom is -0.320 e. The Bertz CT molecular complexity index is 968. The van der Waals surface area contributed by atoms with Gasteiger partial charge >= 0.3 is 0 Å². The number of benzene rings is 1. The van der Waals surface area contributed by atoms with Gasteiger partial charge in [-0.3, -0.25) is 14.6 Å². The lowest BCUT2D eigenvalue weighted by Gasteiger charge is -2.18. The number of nitriles is 1. The summed E-state index contributed by atoms with van der Waals surface area (Å²) < 4.78 is 27.0. The summed E-state index contributed by atoms with van der Waals surface area (Å²) >= 11 is 0. The Morgan fingerprint density at radius 2 is 1.97 bits per heavy atom. The number of hydrogen-bond donors (Lipinski definition) is 0. The first-order chi connectivity index (χ1) is 13.9. The van der Waals surface area contributed by atoms with E-state index in [0.717, 1.165) is 10.5 Å². The molecule has 0 saturated carbocycles. The molecule has 29 heavy (non-hydrogen) atoms. The lowest BCUT2D eigenvalue weighted by molar-refractivity contribution is -0.132. The lowest BCUT2D eigenvalue weighted by Crippen LogP contribution is -2.36. The molecular weight excluding hydrogens is 376 g/mol. The van der Waals surface area contributed by atoms with Gasteiger partial charge in [0.2, 0.25) is 5.91 Å². The van der Waals surface area contributed by atoms with Crippen LogP contribution in [0.2, 0.25) is 0 Å². The molecule has 0 aliphatic carbocycles. The smallest absolute Gasteiger partial charge is 0.268 e. The Morgan fingerprint density at radius 3 is 2.69 bits per heavy atom. The number of likely N-dealkylation sites (tertiary alicyclic amines) is 1. The highest BCUT2D eigenvalue weighted by atomic mass is 19.3. The van der Waals surface area contributed by atoms with Gasteiger partial charge in [-0.2, -0.15) is 5.26 Å². The number of carbonyl (C=O) groups excluding carboxylic acids is 2. The van der Waals surface area contributed by atoms with E-state index < -0.39 is 30.8 Å². The summed E-state index contributed by atoms with van der Waals surface area (Å²) in [7, 11) is 0. The molecule has 2 aromatic rings. The van der Waals surface area contributed by atoms with E-state index in [9.17, 15) is 18.4 Å². The zero-order chi connectivity index (χ0) is 20.9. The Labute approximate surface area is 167 Å². The molecule has 1 atom stereocenters. The van der Waals surface area contributed by atoms with Crippen molar-refractivity contribution in [2.75, 3.05) is 6.54 Å². The van der Waals surface area contributed by atoms with Crippen molar-refractivity contribution >= 4 is 23.8 Å². The highest BCUT2D eigenvalue weighted by molar-refractivity contribution is 6.01. The molecule has 148 valence electrons. The second-order valence-electron chi connectivity index (χ2n) is 6.86. The summed E-state index contributed by atoms with van der Waals surface area (Å²) in [5.41, 5.74) is 1.97. The van der Waals surface area contributed by atoms with Crippen LogP contribution in [0.15, 0.2) is 48.8 Å². The van der Waals surface area contributed by atoms with Crippen LogP contribution in [0.5, 0.6) is 0 Å². The number of nitrogens with zero attached hydrogens (tertiary/aromatic N) is 3. The van der Waals surface area contributed by atoms with Crippen molar-refractivity contribution in [2.45, 2.75) is 31.2 Å². The van der Waals surface area contributed by atoms with E-state index in [0.29, 0.717) is 11.1 Å². The predicted molar refractivity (Wildman–Crippen MR) is 104 cm³/mol. The average Bonchev–Trinajstić information content (AvgIpc) is 3.06. The number of rotatable bonds is 6. The highest BCUT2D eigenvalue weighted by Crippen LogP contribution is 2.32. The molecule has 0 unspecified atom stereocenters. The molecule has 1 aliphatic rings. The number of carbonyl (C=O) groups is 2. The lowest BCUT2D eigenvalue weighted by atomic mass is 10.0. The number of amides is 1. The molecule has 1 aromatic heterocycles. The molecule has 1 aliphatic heterocycles. The van der Waals surface area contributed by atoms with Crippen molar-refractivity contribution in [3.63, 3.8) is 0 Å². The van der Waals surface area contributed by atoms with E-state index in [4.69, 9.17) is 5.26 Å². The molecule has 0 spiro atoms. The van der Waals surface area contributed by atoms with Gasteiger partial charge in [0.1, 0.15) is 6.04 Å². The van der Waals surface area contributed by atoms with Crippen molar-refractivity contribution in [3.05, 3.63) is 65.5 Å². The van der Waals surface area contributed by atoms with Crippen LogP contribution in [0.25, 0.3) is 12.2 Å². The summed E-state index contributed by atoms with van der Waals surface area (Å²) in [5, 5.41) is 9.00. The highest BCUT2D eigenvalue weighted by Gasteiger charge is 2.47. The van der Waals surface area contributed by atoms with Crippen LogP contribution < -0.4 is 0 Å². The van der Waals surface area contributed by atoms with E-state index in [1.165, 1.54) is 6.20 Å². The maximum Gasteiger partial charge on any atom is 0.268 e. The van der Waals surface area contributed by atoms with Gasteiger partial charge in [0.15, 0.2) is 5.78 Å². The quantitative estimate of drug-likeness (QED) is 0.694. The minimum absolute atomic E-state index is 0.130. The van der Waals surface area contributed by atoms with Crippen molar-refractivity contribution in [1.82, 2.24) is 9.88 Å². The Morgan fingerprint density at radius 1 is 1.21 bits per heavy atom. The second-order valence-corrected chi connectivity index (χ2v) is 6.86. The topological polar surface area (TPSA) is 74.1 Å². The van der Waals surface area contributed by atoms with E-state index in [-0.39, 0.29) is 18.6 Å². The van der Waals surface area contributed by atoms with E-state index in [1.807, 2.05) is 36.4 Å². The predicted octanol–water partition coefficient (Wildman–Crippen LogP) is 3.97. The fraction of sp³-hybridized carbons (Fsp3) is 0.273. The van der Waals surface area contributed by atoms with Gasteiger partial charge < -0.3 is 4.90 Å². The first-order valence-corrected chi connectivity index (χ1v) is 9.17. The SMILES string of the molecule is N#C[C@@H]1CC(F)(F)CN1C(=O)CCC(=O)c1ccncc1/C=C/c1ccccc1. The molecule has 7 heteroatoms. The van der Waals surface area contributed by atoms with Crippen LogP contribution in [0.1, 0.15) is 40.7 Å². The van der Waals surface area contributed by atoms with Crippen molar-refractivity contribution in [3.8, 4) is 6.07 Å². The van der Waals surface area contributed by atoms with Crippen LogP contribution in [-0.2, 0) is 4.79 Å². The fourth-order valence-corrected chi connectivity index (χ4v) is 3.24. The normalized spacial score (nSPS) is 18.0. The van der Waals surface area contributed by atoms with Gasteiger partial charge in [-0.15, -0.1) is 0 Å². The number of halogens is 2. The number of pyridine rings is 1. The largest absolute Gasteiger partial charge is 0.320 e. The van der Waals surface area contributed by atoms with Gasteiger partial charge in [-0.1, -0.05) is 42.5 Å². The average molecular weight is 395 g/mol. The molecule has 5 nitrogen and oxygen atoms in total. The number of Topliss-reactive ketones (excluding diaryl/α,β-unsaturated/α-hetero) is 1. The number of ketones is 1. The number of aromatic nitrogens is 1. The third-order valence-electron chi connectivity index (χ3n) is 4.71. The van der Waals surface area contributed by atoms with Crippen LogP contribution in [0, 0.1) is 11.3 Å². The third-order valence-corrected chi connectivity index (χ3v) is 4.71. The minimum atomic E-state index is -3.07. The third kappa shape index (κ3) is 5.11. The summed E-state index contributed by atoms with van der Waals surface area (Å²) in [6.07, 6.45) is 5.64. The van der Waals surface area contributed by atoms with Crippen molar-refractivity contribution < 1.29 is 18.4 Å². The maximum absolute atomic E-state index is 13.5. The molecule has 0 radical (unpaired) electrons. The van der Waals surface area contributed by atoms with E-state index >= 15 is 0 Å². The summed E-state index contributed by atoms with van der Waals surface area (Å²) in [6.45, 7) is -0.779. The molecule has 1 aromatic carbocycles. The monoisotopic (exact) mass is 395 g/mol. The molecule has 0 bridgehead atoms. The van der Waals surface area contributed by atoms with Crippen LogP contribution in [0.4, 0.5) is 8.78 Å². The Balaban J connectivity index is 1.66. The zero-order valence-electron chi connectivity index (χ0n) is 15.6. The van der Waals surface area contributed by atoms with Crippen LogP contribution in [-0.4, -0.2) is 40.1 Å². The molecule has 1 amide bonds. The van der Waals surface area contributed by atoms with Gasteiger partial charge in [-0.25, -0.2) is 8.78 Å². The van der Waals surface area contributed by atoms with E-state index in [2.05, 4.69) is 4.98 Å². The molecule has 2 heterocycles. The first kappa shape index (κ1) is 20.3. The molecule has 1 fully saturated rings. The molecular formula is C22H19F2N3O2. The number of alkyl halides is 2. The fourth-order valence-electron chi connectivity index (χ4n) is 3.24. The van der Waals surface area contributed by atoms with Gasteiger partial charge in [0.25, 0.3) is 5.92 Å². The van der Waals surface area contributed by atoms with Gasteiger partial charge in [0.05, 0.1) is 12.6 Å².